The van der Waals surface area contributed by atoms with Crippen molar-refractivity contribution in [3.05, 3.63) is 64.7 Å². The number of aryl methyl sites for hydroxylation is 1. The Morgan fingerprint density at radius 3 is 2.50 bits per heavy atom. The lowest BCUT2D eigenvalue weighted by Gasteiger charge is -2.30. The number of nitrogens with one attached hydrogen (secondary N) is 1. The summed E-state index contributed by atoms with van der Waals surface area (Å²) in [4.78, 5) is 12.4. The van der Waals surface area contributed by atoms with Crippen molar-refractivity contribution < 1.29 is 17.9 Å². The molecule has 0 aromatic heterocycles. The molecule has 30 heavy (non-hydrogen) atoms. The van der Waals surface area contributed by atoms with E-state index in [1.807, 2.05) is 31.2 Å². The fourth-order valence-corrected chi connectivity index (χ4v) is 5.37. The van der Waals surface area contributed by atoms with Gasteiger partial charge in [0, 0.05) is 24.0 Å². The van der Waals surface area contributed by atoms with Gasteiger partial charge in [-0.05, 0) is 43.0 Å². The van der Waals surface area contributed by atoms with Crippen molar-refractivity contribution in [2.75, 3.05) is 26.2 Å². The van der Waals surface area contributed by atoms with Crippen molar-refractivity contribution in [1.82, 2.24) is 9.62 Å². The maximum absolute atomic E-state index is 12.7. The molecule has 0 aliphatic carbocycles. The van der Waals surface area contributed by atoms with Gasteiger partial charge in [-0.15, -0.1) is 0 Å². The lowest BCUT2D eigenvalue weighted by Crippen LogP contribution is -2.44. The topological polar surface area (TPSA) is 75.7 Å². The van der Waals surface area contributed by atoms with Crippen LogP contribution in [0.3, 0.4) is 0 Å². The number of sulfonamides is 1. The first kappa shape index (κ1) is 22.6. The molecule has 3 rings (SSSR count). The molecule has 1 amide bonds. The molecule has 2 aromatic rings. The molecule has 8 heteroatoms. The largest absolute Gasteiger partial charge is 0.491 e. The fourth-order valence-electron chi connectivity index (χ4n) is 3.50. The molecule has 0 spiro atoms. The third kappa shape index (κ3) is 5.97. The summed E-state index contributed by atoms with van der Waals surface area (Å²) < 4.78 is 32.6. The summed E-state index contributed by atoms with van der Waals surface area (Å²) in [5.41, 5.74) is 1.64. The Hall–Kier alpha value is -2.09. The molecular weight excluding hydrogens is 424 g/mol. The predicted octanol–water partition coefficient (Wildman–Crippen LogP) is 3.39. The van der Waals surface area contributed by atoms with Crippen molar-refractivity contribution >= 4 is 27.5 Å². The lowest BCUT2D eigenvalue weighted by molar-refractivity contribution is -0.126. The highest BCUT2D eigenvalue weighted by Crippen LogP contribution is 2.24. The molecule has 0 saturated carbocycles. The van der Waals surface area contributed by atoms with Crippen LogP contribution in [0.1, 0.15) is 24.0 Å². The van der Waals surface area contributed by atoms with E-state index in [2.05, 4.69) is 5.32 Å². The number of ether oxygens (including phenoxy) is 1. The van der Waals surface area contributed by atoms with Gasteiger partial charge in [0.05, 0.1) is 12.3 Å². The third-order valence-corrected chi connectivity index (χ3v) is 7.46. The van der Waals surface area contributed by atoms with E-state index in [1.54, 1.807) is 24.3 Å². The molecular formula is C22H27ClN2O4S. The molecule has 1 fully saturated rings. The standard InChI is InChI=1S/C22H27ClN2O4S/c1-17-6-2-5-9-21(17)29-15-12-24-22(26)18-10-13-25(14-11-18)30(27,28)16-19-7-3-4-8-20(19)23/h2-9,18H,10-16H2,1H3,(H,24,26). The minimum absolute atomic E-state index is 0.0495. The number of piperidine rings is 1. The van der Waals surface area contributed by atoms with Gasteiger partial charge in [0.25, 0.3) is 0 Å². The Kier molecular flexibility index (Phi) is 7.75. The van der Waals surface area contributed by atoms with Gasteiger partial charge in [-0.25, -0.2) is 12.7 Å². The summed E-state index contributed by atoms with van der Waals surface area (Å²) in [6.07, 6.45) is 1.01. The second kappa shape index (κ2) is 10.3. The molecule has 2 aromatic carbocycles. The van der Waals surface area contributed by atoms with Gasteiger partial charge in [-0.2, -0.15) is 0 Å². The van der Waals surface area contributed by atoms with Gasteiger partial charge in [0.1, 0.15) is 12.4 Å². The zero-order valence-electron chi connectivity index (χ0n) is 17.0. The minimum atomic E-state index is -3.47. The predicted molar refractivity (Wildman–Crippen MR) is 118 cm³/mol. The van der Waals surface area contributed by atoms with Gasteiger partial charge in [0.15, 0.2) is 0 Å². The average molecular weight is 451 g/mol. The molecule has 0 radical (unpaired) electrons. The summed E-state index contributed by atoms with van der Waals surface area (Å²) in [7, 11) is -3.47. The first-order valence-corrected chi connectivity index (χ1v) is 12.0. The average Bonchev–Trinajstić information content (AvgIpc) is 2.74. The summed E-state index contributed by atoms with van der Waals surface area (Å²) in [6, 6.07) is 14.7. The quantitative estimate of drug-likeness (QED) is 0.625. The number of amides is 1. The Balaban J connectivity index is 1.42. The smallest absolute Gasteiger partial charge is 0.223 e. The van der Waals surface area contributed by atoms with Crippen LogP contribution in [0.2, 0.25) is 5.02 Å². The molecule has 6 nitrogen and oxygen atoms in total. The van der Waals surface area contributed by atoms with E-state index >= 15 is 0 Å². The van der Waals surface area contributed by atoms with E-state index in [0.717, 1.165) is 11.3 Å². The number of hydrogen-bond donors (Lipinski definition) is 1. The normalized spacial score (nSPS) is 15.7. The summed E-state index contributed by atoms with van der Waals surface area (Å²) in [5, 5.41) is 3.34. The molecule has 1 N–H and O–H groups in total. The SMILES string of the molecule is Cc1ccccc1OCCNC(=O)C1CCN(S(=O)(=O)Cc2ccccc2Cl)CC1. The van der Waals surface area contributed by atoms with Crippen LogP contribution in [-0.2, 0) is 20.6 Å². The van der Waals surface area contributed by atoms with Crippen LogP contribution in [0.4, 0.5) is 0 Å². The monoisotopic (exact) mass is 450 g/mol. The van der Waals surface area contributed by atoms with Crippen LogP contribution in [0.25, 0.3) is 0 Å². The van der Waals surface area contributed by atoms with E-state index in [4.69, 9.17) is 16.3 Å². The molecule has 1 aliphatic rings. The molecule has 0 bridgehead atoms. The Bertz CT molecular complexity index is 973. The third-order valence-electron chi connectivity index (χ3n) is 5.27. The number of benzene rings is 2. The van der Waals surface area contributed by atoms with Gasteiger partial charge in [-0.1, -0.05) is 48.0 Å². The molecule has 1 heterocycles. The Labute approximate surface area is 183 Å². The van der Waals surface area contributed by atoms with Crippen LogP contribution < -0.4 is 10.1 Å². The zero-order chi connectivity index (χ0) is 21.6. The highest BCUT2D eigenvalue weighted by Gasteiger charge is 2.31. The van der Waals surface area contributed by atoms with Crippen LogP contribution in [0.15, 0.2) is 48.5 Å². The highest BCUT2D eigenvalue weighted by atomic mass is 35.5. The van der Waals surface area contributed by atoms with Crippen molar-refractivity contribution in [2.24, 2.45) is 5.92 Å². The number of halogens is 1. The van der Waals surface area contributed by atoms with E-state index in [-0.39, 0.29) is 17.6 Å². The number of para-hydroxylation sites is 1. The van der Waals surface area contributed by atoms with Crippen LogP contribution in [0, 0.1) is 12.8 Å². The Morgan fingerprint density at radius 2 is 1.80 bits per heavy atom. The van der Waals surface area contributed by atoms with Crippen molar-refractivity contribution in [1.29, 1.82) is 0 Å². The molecule has 0 unspecified atom stereocenters. The second-order valence-corrected chi connectivity index (χ2v) is 9.80. The maximum Gasteiger partial charge on any atom is 0.223 e. The number of carbonyl (C=O) groups is 1. The molecule has 1 aliphatic heterocycles. The summed E-state index contributed by atoms with van der Waals surface area (Å²) in [5.74, 6) is 0.449. The highest BCUT2D eigenvalue weighted by molar-refractivity contribution is 7.88. The molecule has 162 valence electrons. The van der Waals surface area contributed by atoms with Gasteiger partial charge < -0.3 is 10.1 Å². The van der Waals surface area contributed by atoms with Crippen molar-refractivity contribution in [3.63, 3.8) is 0 Å². The number of nitrogens with zero attached hydrogens (tertiary/aromatic N) is 1. The van der Waals surface area contributed by atoms with E-state index in [0.29, 0.717) is 49.7 Å². The molecule has 1 saturated heterocycles. The molecule has 0 atom stereocenters. The first-order valence-electron chi connectivity index (χ1n) is 10.0. The van der Waals surface area contributed by atoms with Crippen LogP contribution >= 0.6 is 11.6 Å². The van der Waals surface area contributed by atoms with Crippen molar-refractivity contribution in [2.45, 2.75) is 25.5 Å². The second-order valence-electron chi connectivity index (χ2n) is 7.43. The number of hydrogen-bond acceptors (Lipinski definition) is 4. The number of rotatable bonds is 8. The van der Waals surface area contributed by atoms with Crippen LogP contribution in [-0.4, -0.2) is 44.9 Å². The number of carbonyl (C=O) groups excluding carboxylic acids is 1. The minimum Gasteiger partial charge on any atom is -0.491 e. The van der Waals surface area contributed by atoms with Crippen molar-refractivity contribution in [3.8, 4) is 5.75 Å². The maximum atomic E-state index is 12.7. The fraction of sp³-hybridized carbons (Fsp3) is 0.409. The Morgan fingerprint density at radius 1 is 1.13 bits per heavy atom. The van der Waals surface area contributed by atoms with Crippen LogP contribution in [0.5, 0.6) is 5.75 Å². The summed E-state index contributed by atoms with van der Waals surface area (Å²) >= 11 is 6.10. The first-order chi connectivity index (χ1) is 14.4. The van der Waals surface area contributed by atoms with E-state index in [1.165, 1.54) is 4.31 Å². The zero-order valence-corrected chi connectivity index (χ0v) is 18.6. The summed E-state index contributed by atoms with van der Waals surface area (Å²) in [6.45, 7) is 3.45. The van der Waals surface area contributed by atoms with Gasteiger partial charge in [-0.3, -0.25) is 4.79 Å². The van der Waals surface area contributed by atoms with E-state index < -0.39 is 10.0 Å². The lowest BCUT2D eigenvalue weighted by atomic mass is 9.97. The van der Waals surface area contributed by atoms with E-state index in [9.17, 15) is 13.2 Å². The van der Waals surface area contributed by atoms with Gasteiger partial charge in [0.2, 0.25) is 15.9 Å². The van der Waals surface area contributed by atoms with Gasteiger partial charge >= 0.3 is 0 Å².